The summed E-state index contributed by atoms with van der Waals surface area (Å²) in [6.45, 7) is 0. The lowest BCUT2D eigenvalue weighted by atomic mass is 10.1. The summed E-state index contributed by atoms with van der Waals surface area (Å²) in [5.74, 6) is 0.0377. The molecule has 0 bridgehead atoms. The second kappa shape index (κ2) is 6.90. The normalized spacial score (nSPS) is 10.0. The molecule has 1 heterocycles. The minimum atomic E-state index is -0.204. The van der Waals surface area contributed by atoms with E-state index in [4.69, 9.17) is 21.1 Å². The van der Waals surface area contributed by atoms with Crippen molar-refractivity contribution >= 4 is 23.2 Å². The average Bonchev–Trinajstić information content (AvgIpc) is 2.50. The van der Waals surface area contributed by atoms with Gasteiger partial charge in [-0.2, -0.15) is 4.98 Å². The van der Waals surface area contributed by atoms with Gasteiger partial charge in [0, 0.05) is 5.02 Å². The number of rotatable bonds is 5. The van der Waals surface area contributed by atoms with Crippen LogP contribution in [0.3, 0.4) is 0 Å². The molecule has 0 spiro atoms. The SMILES string of the molecule is COc1ncc(NC(=O)Cc2ccc(Cl)cc2)c(OC)n1. The summed E-state index contributed by atoms with van der Waals surface area (Å²) >= 11 is 5.80. The van der Waals surface area contributed by atoms with Gasteiger partial charge in [-0.1, -0.05) is 23.7 Å². The van der Waals surface area contributed by atoms with Crippen molar-refractivity contribution in [1.29, 1.82) is 0 Å². The van der Waals surface area contributed by atoms with Crippen molar-refractivity contribution in [2.45, 2.75) is 6.42 Å². The molecule has 0 fully saturated rings. The third-order valence-corrected chi connectivity index (χ3v) is 2.91. The van der Waals surface area contributed by atoms with E-state index >= 15 is 0 Å². The number of aromatic nitrogens is 2. The fourth-order valence-corrected chi connectivity index (χ4v) is 1.80. The molecule has 1 amide bonds. The molecule has 110 valence electrons. The third-order valence-electron chi connectivity index (χ3n) is 2.66. The Morgan fingerprint density at radius 2 is 1.95 bits per heavy atom. The van der Waals surface area contributed by atoms with E-state index in [0.717, 1.165) is 5.56 Å². The van der Waals surface area contributed by atoms with E-state index in [1.165, 1.54) is 20.4 Å². The van der Waals surface area contributed by atoms with Crippen LogP contribution in [0.15, 0.2) is 30.5 Å². The highest BCUT2D eigenvalue weighted by molar-refractivity contribution is 6.30. The Kier molecular flexibility index (Phi) is 4.94. The number of carbonyl (C=O) groups is 1. The molecule has 0 aliphatic carbocycles. The van der Waals surface area contributed by atoms with Crippen LogP contribution in [0.25, 0.3) is 0 Å². The van der Waals surface area contributed by atoms with Crippen LogP contribution in [0, 0.1) is 0 Å². The predicted octanol–water partition coefficient (Wildman–Crippen LogP) is 2.33. The number of nitrogens with zero attached hydrogens (tertiary/aromatic N) is 2. The number of methoxy groups -OCH3 is 2. The third kappa shape index (κ3) is 4.06. The quantitative estimate of drug-likeness (QED) is 0.917. The minimum Gasteiger partial charge on any atom is -0.479 e. The monoisotopic (exact) mass is 307 g/mol. The largest absolute Gasteiger partial charge is 0.479 e. The number of anilines is 1. The van der Waals surface area contributed by atoms with Gasteiger partial charge in [-0.15, -0.1) is 0 Å². The molecule has 1 aromatic heterocycles. The molecule has 0 saturated heterocycles. The highest BCUT2D eigenvalue weighted by Gasteiger charge is 2.11. The molecule has 2 aromatic rings. The predicted molar refractivity (Wildman–Crippen MR) is 78.9 cm³/mol. The number of halogens is 1. The standard InChI is InChI=1S/C14H14ClN3O3/c1-20-13-11(8-16-14(18-13)21-2)17-12(19)7-9-3-5-10(15)6-4-9/h3-6,8H,7H2,1-2H3,(H,17,19). The Hall–Kier alpha value is -2.34. The van der Waals surface area contributed by atoms with Crippen molar-refractivity contribution in [2.75, 3.05) is 19.5 Å². The highest BCUT2D eigenvalue weighted by Crippen LogP contribution is 2.22. The summed E-state index contributed by atoms with van der Waals surface area (Å²) < 4.78 is 9.99. The van der Waals surface area contributed by atoms with Crippen LogP contribution in [0.4, 0.5) is 5.69 Å². The lowest BCUT2D eigenvalue weighted by Crippen LogP contribution is -2.15. The zero-order valence-corrected chi connectivity index (χ0v) is 12.3. The summed E-state index contributed by atoms with van der Waals surface area (Å²) in [6.07, 6.45) is 1.65. The Bertz CT molecular complexity index is 632. The second-order valence-corrected chi connectivity index (χ2v) is 4.57. The number of hydrogen-bond donors (Lipinski definition) is 1. The van der Waals surface area contributed by atoms with Gasteiger partial charge in [0.25, 0.3) is 0 Å². The molecule has 0 saturated carbocycles. The van der Waals surface area contributed by atoms with Crippen LogP contribution < -0.4 is 14.8 Å². The van der Waals surface area contributed by atoms with E-state index in [0.29, 0.717) is 10.7 Å². The van der Waals surface area contributed by atoms with Crippen LogP contribution >= 0.6 is 11.6 Å². The second-order valence-electron chi connectivity index (χ2n) is 4.13. The van der Waals surface area contributed by atoms with Gasteiger partial charge in [-0.05, 0) is 17.7 Å². The molecule has 0 atom stereocenters. The zero-order chi connectivity index (χ0) is 15.2. The van der Waals surface area contributed by atoms with Crippen LogP contribution in [-0.2, 0) is 11.2 Å². The van der Waals surface area contributed by atoms with E-state index in [2.05, 4.69) is 15.3 Å². The molecule has 21 heavy (non-hydrogen) atoms. The van der Waals surface area contributed by atoms with E-state index < -0.39 is 0 Å². The van der Waals surface area contributed by atoms with Crippen molar-refractivity contribution in [3.8, 4) is 11.9 Å². The maximum Gasteiger partial charge on any atom is 0.319 e. The molecule has 6 nitrogen and oxygen atoms in total. The smallest absolute Gasteiger partial charge is 0.319 e. The number of carbonyl (C=O) groups excluding carboxylic acids is 1. The lowest BCUT2D eigenvalue weighted by molar-refractivity contribution is -0.115. The maximum absolute atomic E-state index is 12.0. The van der Waals surface area contributed by atoms with Crippen LogP contribution in [0.1, 0.15) is 5.56 Å². The molecule has 1 N–H and O–H groups in total. The number of hydrogen-bond acceptors (Lipinski definition) is 5. The number of nitrogens with one attached hydrogen (secondary N) is 1. The van der Waals surface area contributed by atoms with E-state index in [-0.39, 0.29) is 24.2 Å². The maximum atomic E-state index is 12.0. The molecule has 1 aromatic carbocycles. The van der Waals surface area contributed by atoms with Crippen LogP contribution in [0.2, 0.25) is 5.02 Å². The topological polar surface area (TPSA) is 73.3 Å². The minimum absolute atomic E-state index is 0.169. The summed E-state index contributed by atoms with van der Waals surface area (Å²) in [5, 5.41) is 3.33. The van der Waals surface area contributed by atoms with E-state index in [9.17, 15) is 4.79 Å². The van der Waals surface area contributed by atoms with Gasteiger partial charge in [0.1, 0.15) is 5.69 Å². The van der Waals surface area contributed by atoms with Gasteiger partial charge in [0.05, 0.1) is 26.8 Å². The first-order chi connectivity index (χ1) is 10.1. The van der Waals surface area contributed by atoms with Crippen molar-refractivity contribution in [1.82, 2.24) is 9.97 Å². The Labute approximate surface area is 127 Å². The molecular weight excluding hydrogens is 294 g/mol. The van der Waals surface area contributed by atoms with E-state index in [1.54, 1.807) is 24.3 Å². The average molecular weight is 308 g/mol. The van der Waals surface area contributed by atoms with E-state index in [1.807, 2.05) is 0 Å². The van der Waals surface area contributed by atoms with Crippen molar-refractivity contribution in [2.24, 2.45) is 0 Å². The van der Waals surface area contributed by atoms with Gasteiger partial charge < -0.3 is 14.8 Å². The number of amides is 1. The Balaban J connectivity index is 2.07. The summed E-state index contributed by atoms with van der Waals surface area (Å²) in [4.78, 5) is 19.9. The first kappa shape index (κ1) is 15.1. The Morgan fingerprint density at radius 3 is 2.57 bits per heavy atom. The van der Waals surface area contributed by atoms with Crippen molar-refractivity contribution in [3.63, 3.8) is 0 Å². The first-order valence-corrected chi connectivity index (χ1v) is 6.49. The fourth-order valence-electron chi connectivity index (χ4n) is 1.67. The van der Waals surface area contributed by atoms with Gasteiger partial charge in [0.15, 0.2) is 0 Å². The molecule has 2 rings (SSSR count). The van der Waals surface area contributed by atoms with Gasteiger partial charge in [-0.25, -0.2) is 4.98 Å². The van der Waals surface area contributed by atoms with Gasteiger partial charge in [-0.3, -0.25) is 4.79 Å². The van der Waals surface area contributed by atoms with Gasteiger partial charge >= 0.3 is 6.01 Å². The summed E-state index contributed by atoms with van der Waals surface area (Å²) in [7, 11) is 2.91. The fraction of sp³-hybridized carbons (Fsp3) is 0.214. The number of benzene rings is 1. The Morgan fingerprint density at radius 1 is 1.24 bits per heavy atom. The lowest BCUT2D eigenvalue weighted by Gasteiger charge is -2.09. The van der Waals surface area contributed by atoms with Gasteiger partial charge in [0.2, 0.25) is 11.8 Å². The number of ether oxygens (including phenoxy) is 2. The highest BCUT2D eigenvalue weighted by atomic mass is 35.5. The molecule has 0 unspecified atom stereocenters. The summed E-state index contributed by atoms with van der Waals surface area (Å²) in [5.41, 5.74) is 1.24. The molecule has 0 aliphatic rings. The van der Waals surface area contributed by atoms with Crippen molar-refractivity contribution in [3.05, 3.63) is 41.0 Å². The van der Waals surface area contributed by atoms with Crippen LogP contribution in [0.5, 0.6) is 11.9 Å². The van der Waals surface area contributed by atoms with Crippen LogP contribution in [-0.4, -0.2) is 30.1 Å². The van der Waals surface area contributed by atoms with Crippen molar-refractivity contribution < 1.29 is 14.3 Å². The molecular formula is C14H14ClN3O3. The zero-order valence-electron chi connectivity index (χ0n) is 11.6. The first-order valence-electron chi connectivity index (χ1n) is 6.11. The summed E-state index contributed by atoms with van der Waals surface area (Å²) in [6, 6.07) is 7.23. The molecule has 7 heteroatoms. The molecule has 0 aliphatic heterocycles. The molecule has 0 radical (unpaired) electrons.